The highest BCUT2D eigenvalue weighted by Crippen LogP contribution is 2.39. The minimum Gasteiger partial charge on any atom is -0.407 e. The fourth-order valence-corrected chi connectivity index (χ4v) is 10.4. The molecular formula is C29H46O4Si2. The van der Waals surface area contributed by atoms with Crippen LogP contribution in [0.1, 0.15) is 61.8 Å². The van der Waals surface area contributed by atoms with Gasteiger partial charge < -0.3 is 14.0 Å². The Balaban J connectivity index is 2.32. The Bertz CT molecular complexity index is 907. The number of carbonyl (C=O) groups excluding carboxylic acids is 1. The molecule has 0 fully saturated rings. The fourth-order valence-electron chi connectivity index (χ4n) is 4.27. The van der Waals surface area contributed by atoms with Gasteiger partial charge in [0.15, 0.2) is 14.1 Å². The van der Waals surface area contributed by atoms with Crippen LogP contribution in [0, 0.1) is 0 Å². The molecule has 0 aliphatic carbocycles. The summed E-state index contributed by atoms with van der Waals surface area (Å²) in [7, 11) is -4.90. The van der Waals surface area contributed by atoms with Crippen LogP contribution >= 0.6 is 0 Å². The van der Waals surface area contributed by atoms with Crippen molar-refractivity contribution in [2.45, 2.75) is 103 Å². The van der Waals surface area contributed by atoms with Crippen LogP contribution in [0.15, 0.2) is 60.7 Å². The molecule has 2 aromatic carbocycles. The molecule has 1 N–H and O–H groups in total. The SMILES string of the molecule is C[C@H](O[Si](C)(C)C(C)(C)C)C(=O)C[C@@H](O)[C@H](C)O[Si](c1ccccc1)(c1ccccc1)C(C)(C)C. The molecule has 0 aliphatic rings. The lowest BCUT2D eigenvalue weighted by molar-refractivity contribution is -0.128. The molecule has 194 valence electrons. The van der Waals surface area contributed by atoms with Gasteiger partial charge in [0.25, 0.3) is 8.32 Å². The molecule has 2 aromatic rings. The highest BCUT2D eigenvalue weighted by molar-refractivity contribution is 6.99. The normalized spacial score (nSPS) is 16.0. The van der Waals surface area contributed by atoms with Gasteiger partial charge in [0.1, 0.15) is 6.10 Å². The lowest BCUT2D eigenvalue weighted by atomic mass is 10.1. The first-order valence-electron chi connectivity index (χ1n) is 12.7. The minimum atomic E-state index is -2.81. The first kappa shape index (κ1) is 29.7. The van der Waals surface area contributed by atoms with Gasteiger partial charge in [-0.05, 0) is 47.4 Å². The largest absolute Gasteiger partial charge is 0.407 e. The van der Waals surface area contributed by atoms with Crippen LogP contribution in [0.25, 0.3) is 0 Å². The van der Waals surface area contributed by atoms with Gasteiger partial charge in [-0.2, -0.15) is 0 Å². The number of aliphatic hydroxyl groups excluding tert-OH is 1. The van der Waals surface area contributed by atoms with Crippen molar-refractivity contribution in [3.8, 4) is 0 Å². The topological polar surface area (TPSA) is 55.8 Å². The van der Waals surface area contributed by atoms with Crippen molar-refractivity contribution >= 4 is 32.8 Å². The fraction of sp³-hybridized carbons (Fsp3) is 0.552. The number of benzene rings is 2. The van der Waals surface area contributed by atoms with E-state index in [0.717, 1.165) is 10.4 Å². The monoisotopic (exact) mass is 514 g/mol. The van der Waals surface area contributed by atoms with Crippen LogP contribution in [-0.4, -0.2) is 45.8 Å². The summed E-state index contributed by atoms with van der Waals surface area (Å²) in [4.78, 5) is 13.1. The maximum Gasteiger partial charge on any atom is 0.261 e. The standard InChI is InChI=1S/C29H46O4Si2/c1-22(32-34(9,10)28(3,4)5)26(30)21-27(31)23(2)33-35(29(6,7)8,24-17-13-11-14-18-24)25-19-15-12-16-20-25/h11-20,22-23,27,31H,21H2,1-10H3/t22-,23-,27+/m0/s1. The zero-order valence-electron chi connectivity index (χ0n) is 23.4. The van der Waals surface area contributed by atoms with E-state index in [1.807, 2.05) is 50.2 Å². The van der Waals surface area contributed by atoms with Crippen molar-refractivity contribution in [1.29, 1.82) is 0 Å². The van der Waals surface area contributed by atoms with Crippen LogP contribution in [0.2, 0.25) is 23.2 Å². The average molecular weight is 515 g/mol. The molecular weight excluding hydrogens is 468 g/mol. The summed E-state index contributed by atoms with van der Waals surface area (Å²) in [5.74, 6) is -0.0831. The van der Waals surface area contributed by atoms with E-state index in [4.69, 9.17) is 8.85 Å². The third kappa shape index (κ3) is 6.80. The Hall–Kier alpha value is -1.58. The van der Waals surface area contributed by atoms with Gasteiger partial charge in [-0.15, -0.1) is 0 Å². The Kier molecular flexibility index (Phi) is 9.50. The van der Waals surface area contributed by atoms with Crippen LogP contribution in [0.5, 0.6) is 0 Å². The zero-order valence-corrected chi connectivity index (χ0v) is 25.4. The second kappa shape index (κ2) is 11.2. The van der Waals surface area contributed by atoms with Crippen molar-refractivity contribution in [2.24, 2.45) is 0 Å². The van der Waals surface area contributed by atoms with Gasteiger partial charge in [0, 0.05) is 6.42 Å². The Morgan fingerprint density at radius 1 is 0.800 bits per heavy atom. The molecule has 0 unspecified atom stereocenters. The summed E-state index contributed by atoms with van der Waals surface area (Å²) in [6, 6.07) is 20.7. The second-order valence-electron chi connectivity index (χ2n) is 12.2. The first-order valence-corrected chi connectivity index (χ1v) is 17.5. The summed E-state index contributed by atoms with van der Waals surface area (Å²) in [6.07, 6.45) is -1.99. The Morgan fingerprint density at radius 3 is 1.60 bits per heavy atom. The Morgan fingerprint density at radius 2 is 1.23 bits per heavy atom. The molecule has 0 spiro atoms. The second-order valence-corrected chi connectivity index (χ2v) is 21.3. The molecule has 0 bridgehead atoms. The van der Waals surface area contributed by atoms with Crippen LogP contribution in [0.4, 0.5) is 0 Å². The summed E-state index contributed by atoms with van der Waals surface area (Å²) in [6.45, 7) is 21.1. The van der Waals surface area contributed by atoms with Gasteiger partial charge in [-0.1, -0.05) is 102 Å². The van der Waals surface area contributed by atoms with E-state index in [1.165, 1.54) is 0 Å². The molecule has 0 saturated heterocycles. The number of Topliss-reactive ketones (excluding diaryl/α,β-unsaturated/α-hetero) is 1. The van der Waals surface area contributed by atoms with Crippen molar-refractivity contribution in [3.05, 3.63) is 60.7 Å². The maximum absolute atomic E-state index is 13.1. The minimum absolute atomic E-state index is 0.00909. The highest BCUT2D eigenvalue weighted by Gasteiger charge is 2.51. The number of hydrogen-bond donors (Lipinski definition) is 1. The number of aliphatic hydroxyl groups is 1. The van der Waals surface area contributed by atoms with Crippen molar-refractivity contribution in [1.82, 2.24) is 0 Å². The molecule has 4 nitrogen and oxygen atoms in total. The molecule has 0 heterocycles. The molecule has 2 rings (SSSR count). The van der Waals surface area contributed by atoms with Crippen molar-refractivity contribution < 1.29 is 18.8 Å². The Labute approximate surface area is 215 Å². The smallest absolute Gasteiger partial charge is 0.261 e. The van der Waals surface area contributed by atoms with E-state index < -0.39 is 34.9 Å². The molecule has 0 amide bonds. The predicted molar refractivity (Wildman–Crippen MR) is 152 cm³/mol. The summed E-state index contributed by atoms with van der Waals surface area (Å²) in [5, 5.41) is 13.3. The zero-order chi connectivity index (χ0) is 26.7. The third-order valence-corrected chi connectivity index (χ3v) is 17.1. The number of rotatable bonds is 10. The summed E-state index contributed by atoms with van der Waals surface area (Å²) in [5.41, 5.74) is 0. The van der Waals surface area contributed by atoms with Crippen LogP contribution in [-0.2, 0) is 13.6 Å². The van der Waals surface area contributed by atoms with Crippen LogP contribution in [0.3, 0.4) is 0 Å². The van der Waals surface area contributed by atoms with Gasteiger partial charge in [-0.25, -0.2) is 0 Å². The van der Waals surface area contributed by atoms with E-state index >= 15 is 0 Å². The molecule has 35 heavy (non-hydrogen) atoms. The molecule has 6 heteroatoms. The molecule has 0 aromatic heterocycles. The summed E-state index contributed by atoms with van der Waals surface area (Å²) >= 11 is 0. The van der Waals surface area contributed by atoms with E-state index in [0.29, 0.717) is 0 Å². The number of ketones is 1. The van der Waals surface area contributed by atoms with E-state index in [2.05, 4.69) is 78.9 Å². The molecule has 3 atom stereocenters. The number of hydrogen-bond acceptors (Lipinski definition) is 4. The first-order chi connectivity index (χ1) is 16.0. The lowest BCUT2D eigenvalue weighted by Crippen LogP contribution is -2.68. The van der Waals surface area contributed by atoms with Gasteiger partial charge in [-0.3, -0.25) is 4.79 Å². The van der Waals surface area contributed by atoms with Gasteiger partial charge >= 0.3 is 0 Å². The van der Waals surface area contributed by atoms with Crippen LogP contribution < -0.4 is 10.4 Å². The summed E-state index contributed by atoms with van der Waals surface area (Å²) < 4.78 is 13.3. The lowest BCUT2D eigenvalue weighted by Gasteiger charge is -2.45. The predicted octanol–water partition coefficient (Wildman–Crippen LogP) is 5.68. The van der Waals surface area contributed by atoms with E-state index in [-0.39, 0.29) is 22.3 Å². The van der Waals surface area contributed by atoms with E-state index in [9.17, 15) is 9.90 Å². The highest BCUT2D eigenvalue weighted by atomic mass is 28.4. The number of carbonyl (C=O) groups is 1. The third-order valence-electron chi connectivity index (χ3n) is 7.46. The molecule has 0 aliphatic heterocycles. The van der Waals surface area contributed by atoms with Gasteiger partial charge in [0.05, 0.1) is 12.2 Å². The quantitative estimate of drug-likeness (QED) is 0.414. The van der Waals surface area contributed by atoms with Crippen molar-refractivity contribution in [3.63, 3.8) is 0 Å². The maximum atomic E-state index is 13.1. The van der Waals surface area contributed by atoms with Gasteiger partial charge in [0.2, 0.25) is 0 Å². The van der Waals surface area contributed by atoms with Crippen molar-refractivity contribution in [2.75, 3.05) is 0 Å². The average Bonchev–Trinajstić information content (AvgIpc) is 2.76. The van der Waals surface area contributed by atoms with E-state index in [1.54, 1.807) is 0 Å². The molecule has 0 saturated carbocycles. The molecule has 0 radical (unpaired) electrons.